The summed E-state index contributed by atoms with van der Waals surface area (Å²) in [4.78, 5) is 109. The van der Waals surface area contributed by atoms with Crippen molar-refractivity contribution in [2.24, 2.45) is 5.73 Å². The van der Waals surface area contributed by atoms with Gasteiger partial charge < -0.3 is 40.8 Å². The summed E-state index contributed by atoms with van der Waals surface area (Å²) < 4.78 is 14.4. The zero-order valence-corrected chi connectivity index (χ0v) is 60.3. The van der Waals surface area contributed by atoms with E-state index in [0.717, 1.165) is 61.7 Å². The number of carbonyl (C=O) groups excluding carboxylic acids is 6. The number of Topliss-reactive ketones (excluding diaryl/α,β-unsaturated/α-hetero) is 1. The van der Waals surface area contributed by atoms with Gasteiger partial charge in [0.2, 0.25) is 10.0 Å². The highest BCUT2D eigenvalue weighted by Crippen LogP contribution is 2.26. The van der Waals surface area contributed by atoms with E-state index in [9.17, 15) is 43.5 Å². The maximum atomic E-state index is 12.6. The number of thiocarbonyl (C=S) groups is 1. The fourth-order valence-corrected chi connectivity index (χ4v) is 11.6. The lowest BCUT2D eigenvalue weighted by Crippen LogP contribution is -2.43. The summed E-state index contributed by atoms with van der Waals surface area (Å²) in [5.41, 5.74) is 14.3. The monoisotopic (exact) mass is 1520 g/mol. The van der Waals surface area contributed by atoms with Gasteiger partial charge in [-0.3, -0.25) is 19.7 Å². The van der Waals surface area contributed by atoms with E-state index in [1.54, 1.807) is 31.5 Å². The minimum atomic E-state index is -1.07. The number of hydrogen-bond acceptors (Lipinski definition) is 20. The average molecular weight is 1520 g/mol. The Labute approximate surface area is 612 Å². The van der Waals surface area contributed by atoms with Gasteiger partial charge in [-0.15, -0.1) is 45.3 Å². The molecule has 101 heavy (non-hydrogen) atoms. The number of amides is 3. The van der Waals surface area contributed by atoms with Crippen molar-refractivity contribution in [1.82, 2.24) is 35.9 Å². The van der Waals surface area contributed by atoms with Gasteiger partial charge in [0.05, 0.1) is 47.9 Å². The van der Waals surface area contributed by atoms with E-state index < -0.39 is 42.0 Å². The molecule has 27 heteroatoms. The van der Waals surface area contributed by atoms with Crippen LogP contribution < -0.4 is 21.7 Å². The van der Waals surface area contributed by atoms with Crippen LogP contribution in [-0.4, -0.2) is 120 Å². The third kappa shape index (κ3) is 27.8. The number of benzene rings is 7. The molecule has 0 radical (unpaired) electrons. The molecule has 520 valence electrons. The number of aliphatic carboxylic acids is 1. The van der Waals surface area contributed by atoms with Crippen molar-refractivity contribution in [3.63, 3.8) is 0 Å². The van der Waals surface area contributed by atoms with Crippen LogP contribution in [0.25, 0.3) is 45.0 Å². The van der Waals surface area contributed by atoms with Crippen LogP contribution in [0.1, 0.15) is 81.5 Å². The first-order valence-corrected chi connectivity index (χ1v) is 35.8. The number of alkyl carbamates (subject to hydrolysis) is 1. The second kappa shape index (κ2) is 43.6. The number of carboxylic acid groups (broad SMARTS) is 2. The molecule has 0 bridgehead atoms. The molecule has 11 aromatic rings. The van der Waals surface area contributed by atoms with Gasteiger partial charge in [0, 0.05) is 62.2 Å². The number of carboxylic acids is 2. The Kier molecular flexibility index (Phi) is 34.2. The van der Waals surface area contributed by atoms with Crippen molar-refractivity contribution in [3.8, 4) is 45.0 Å². The van der Waals surface area contributed by atoms with Crippen LogP contribution in [-0.2, 0) is 36.6 Å². The van der Waals surface area contributed by atoms with Crippen molar-refractivity contribution in [2.45, 2.75) is 45.7 Å². The Morgan fingerprint density at radius 3 is 1.13 bits per heavy atom. The van der Waals surface area contributed by atoms with E-state index in [0.29, 0.717) is 46.4 Å². The summed E-state index contributed by atoms with van der Waals surface area (Å²) in [5, 5.41) is 34.1. The van der Waals surface area contributed by atoms with Gasteiger partial charge in [-0.2, -0.15) is 0 Å². The number of nitrogens with zero attached hydrogens (tertiary/aromatic N) is 4. The lowest BCUT2D eigenvalue weighted by molar-refractivity contribution is -0.145. The van der Waals surface area contributed by atoms with Crippen LogP contribution in [0.3, 0.4) is 0 Å². The van der Waals surface area contributed by atoms with Crippen LogP contribution in [0.4, 0.5) is 4.79 Å². The summed E-state index contributed by atoms with van der Waals surface area (Å²) in [6.45, 7) is 6.16. The van der Waals surface area contributed by atoms with Crippen LogP contribution in [0.2, 0.25) is 0 Å². The van der Waals surface area contributed by atoms with Gasteiger partial charge in [-0.05, 0) is 44.1 Å². The highest BCUT2D eigenvalue weighted by Gasteiger charge is 2.26. The first kappa shape index (κ1) is 79.2. The number of ketones is 1. The Balaban J connectivity index is 0.000000199. The molecule has 0 fully saturated rings. The third-order valence-corrected chi connectivity index (χ3v) is 17.0. The van der Waals surface area contributed by atoms with E-state index in [-0.39, 0.29) is 45.8 Å². The predicted octanol–water partition coefficient (Wildman–Crippen LogP) is 14.7. The average Bonchev–Trinajstić information content (AvgIpc) is 1.84. The van der Waals surface area contributed by atoms with Crippen LogP contribution in [0.15, 0.2) is 234 Å². The number of aromatic nitrogens is 4. The van der Waals surface area contributed by atoms with Gasteiger partial charge >= 0.3 is 30.0 Å². The standard InChI is InChI=1S/C21H20N2O3S.C19H16N2O3S.C12H11NO2S.C10H7NO2S.C8H7BrO.C4H8N2O2S/c1-2-26-21(25)17(13-15-9-5-3-6-10-15)22-19(24)20-23-18(14-27-20)16-11-7-4-8-12-16;22-17(18-21-16(12-25-18)14-9-5-2-6-10-14)20-15(19(23)24)11-13-7-3-1-4-8-13;1-2-15-12(14)11-13-10(8-16-11)9-6-4-3-5-7-9;12-10(13)9-11-8(6-14-9)7-4-2-1-3-5-7;9-6-8(10)7-4-2-1-3-5-7;1-2-8-4(7)6-3(5)9/h3-12,14,17H,2,13H2,1H3,(H,22,24);1-10,12,15H,11H2,(H,20,22)(H,23,24);3-8H,2H2,1H3;1-6H,(H,12,13);1-5H,6H2;2H2,1H3,(H3,5,6,7,9). The Morgan fingerprint density at radius 2 is 0.782 bits per heavy atom. The van der Waals surface area contributed by atoms with Gasteiger partial charge in [-0.25, -0.2) is 43.9 Å². The number of aromatic carboxylic acids is 1. The molecule has 0 spiro atoms. The summed E-state index contributed by atoms with van der Waals surface area (Å²) in [5.74, 6) is -3.58. The van der Waals surface area contributed by atoms with E-state index >= 15 is 0 Å². The number of thiazole rings is 4. The fourth-order valence-electron chi connectivity index (χ4n) is 8.40. The van der Waals surface area contributed by atoms with Crippen molar-refractivity contribution >= 4 is 126 Å². The maximum absolute atomic E-state index is 12.6. The second-order valence-corrected chi connectivity index (χ2v) is 24.7. The van der Waals surface area contributed by atoms with Gasteiger partial charge in [0.1, 0.15) is 12.1 Å². The Morgan fingerprint density at radius 1 is 0.455 bits per heavy atom. The minimum Gasteiger partial charge on any atom is -0.480 e. The second-order valence-electron chi connectivity index (χ2n) is 20.3. The molecular formula is C74H69BrN8O13S5. The quantitative estimate of drug-likeness (QED) is 0.0128. The largest absolute Gasteiger partial charge is 0.480 e. The van der Waals surface area contributed by atoms with Crippen LogP contribution in [0.5, 0.6) is 0 Å². The normalized spacial score (nSPS) is 10.6. The molecular weight excluding hydrogens is 1450 g/mol. The molecule has 7 N–H and O–H groups in total. The molecule has 2 atom stereocenters. The molecule has 0 saturated heterocycles. The number of carbonyl (C=O) groups is 8. The number of rotatable bonds is 21. The number of alkyl halides is 1. The van der Waals surface area contributed by atoms with Crippen LogP contribution in [0, 0.1) is 0 Å². The first-order chi connectivity index (χ1) is 48.9. The minimum absolute atomic E-state index is 0.0755. The fraction of sp³-hybridized carbons (Fsp3) is 0.149. The summed E-state index contributed by atoms with van der Waals surface area (Å²) in [6, 6.07) is 64.6. The molecule has 0 aliphatic rings. The van der Waals surface area contributed by atoms with Crippen molar-refractivity contribution < 1.29 is 62.8 Å². The molecule has 4 heterocycles. The van der Waals surface area contributed by atoms with Crippen molar-refractivity contribution in [3.05, 3.63) is 271 Å². The lowest BCUT2D eigenvalue weighted by atomic mass is 10.1. The predicted molar refractivity (Wildman–Crippen MR) is 402 cm³/mol. The van der Waals surface area contributed by atoms with E-state index in [1.807, 2.05) is 223 Å². The smallest absolute Gasteiger partial charge is 0.413 e. The molecule has 0 aliphatic heterocycles. The highest BCUT2D eigenvalue weighted by atomic mass is 79.9. The molecule has 4 aromatic heterocycles. The Hall–Kier alpha value is -10.8. The van der Waals surface area contributed by atoms with Crippen LogP contribution >= 0.6 is 73.5 Å². The molecule has 0 saturated carbocycles. The third-order valence-electron chi connectivity index (χ3n) is 13.1. The molecule has 2 unspecified atom stereocenters. The van der Waals surface area contributed by atoms with Crippen molar-refractivity contribution in [2.75, 3.05) is 25.2 Å². The van der Waals surface area contributed by atoms with E-state index in [2.05, 4.69) is 68.8 Å². The number of halogens is 1. The first-order valence-electron chi connectivity index (χ1n) is 30.8. The molecule has 3 amide bonds. The zero-order chi connectivity index (χ0) is 72.7. The zero-order valence-electron chi connectivity index (χ0n) is 54.6. The molecule has 11 rings (SSSR count). The molecule has 21 nitrogen and oxygen atoms in total. The topological polar surface area (TPSA) is 318 Å². The number of nitrogens with one attached hydrogen (secondary N) is 3. The van der Waals surface area contributed by atoms with Crippen molar-refractivity contribution in [1.29, 1.82) is 0 Å². The lowest BCUT2D eigenvalue weighted by Gasteiger charge is -2.16. The summed E-state index contributed by atoms with van der Waals surface area (Å²) in [7, 11) is 0. The van der Waals surface area contributed by atoms with E-state index in [4.69, 9.17) is 20.3 Å². The van der Waals surface area contributed by atoms with Gasteiger partial charge in [-0.1, -0.05) is 228 Å². The SMILES string of the molecule is CCOC(=O)C(Cc1ccccc1)NC(=O)c1nc(-c2ccccc2)cs1.CCOC(=O)NC(N)=S.CCOC(=O)c1nc(-c2ccccc2)cs1.O=C(CBr)c1ccccc1.O=C(NC(Cc1ccccc1)C(=O)O)c1nc(-c2ccccc2)cs1.O=C(O)c1nc(-c2ccccc2)cs1. The number of hydrogen-bond donors (Lipinski definition) is 6. The molecule has 7 aromatic carbocycles. The van der Waals surface area contributed by atoms with E-state index in [1.165, 1.54) is 34.0 Å². The molecule has 0 aliphatic carbocycles. The number of esters is 2. The maximum Gasteiger partial charge on any atom is 0.413 e. The summed E-state index contributed by atoms with van der Waals surface area (Å²) in [6.07, 6.45) is -0.0220. The Bertz CT molecular complexity index is 4380. The summed E-state index contributed by atoms with van der Waals surface area (Å²) >= 11 is 12.3. The van der Waals surface area contributed by atoms with Gasteiger partial charge in [0.25, 0.3) is 11.8 Å². The number of ether oxygens (including phenoxy) is 3. The highest BCUT2D eigenvalue weighted by molar-refractivity contribution is 9.09. The number of nitrogens with two attached hydrogens (primary N) is 1. The van der Waals surface area contributed by atoms with Gasteiger partial charge in [0.15, 0.2) is 20.9 Å².